The highest BCUT2D eigenvalue weighted by molar-refractivity contribution is 5.92. The first-order valence-corrected chi connectivity index (χ1v) is 6.27. The molecule has 104 valence electrons. The minimum atomic E-state index is -0.322. The van der Waals surface area contributed by atoms with Gasteiger partial charge in [-0.25, -0.2) is 4.39 Å². The highest BCUT2D eigenvalue weighted by atomic mass is 19.1. The van der Waals surface area contributed by atoms with E-state index in [0.29, 0.717) is 31.9 Å². The molecule has 1 aliphatic rings. The van der Waals surface area contributed by atoms with Crippen LogP contribution >= 0.6 is 0 Å². The van der Waals surface area contributed by atoms with Crippen LogP contribution in [0.25, 0.3) is 0 Å². The zero-order valence-electron chi connectivity index (χ0n) is 10.6. The first-order chi connectivity index (χ1) is 9.17. The Labute approximate surface area is 111 Å². The van der Waals surface area contributed by atoms with Crippen LogP contribution in [-0.2, 0) is 9.53 Å². The predicted octanol–water partition coefficient (Wildman–Crippen LogP) is 0.424. The SMILES string of the molecule is NCC1CN(CC(=O)Nc2ccc(F)cc2)CCO1. The Kier molecular flexibility index (Phi) is 4.84. The second-order valence-electron chi connectivity index (χ2n) is 4.52. The summed E-state index contributed by atoms with van der Waals surface area (Å²) in [4.78, 5) is 13.8. The predicted molar refractivity (Wildman–Crippen MR) is 70.3 cm³/mol. The summed E-state index contributed by atoms with van der Waals surface area (Å²) in [5.74, 6) is -0.443. The van der Waals surface area contributed by atoms with Gasteiger partial charge in [0.15, 0.2) is 0 Å². The van der Waals surface area contributed by atoms with Crippen LogP contribution in [0, 0.1) is 5.82 Å². The molecule has 19 heavy (non-hydrogen) atoms. The average molecular weight is 267 g/mol. The summed E-state index contributed by atoms with van der Waals surface area (Å²) >= 11 is 0. The summed E-state index contributed by atoms with van der Waals surface area (Å²) in [5.41, 5.74) is 6.14. The van der Waals surface area contributed by atoms with Gasteiger partial charge in [-0.15, -0.1) is 0 Å². The van der Waals surface area contributed by atoms with E-state index in [2.05, 4.69) is 5.32 Å². The quantitative estimate of drug-likeness (QED) is 0.830. The summed E-state index contributed by atoms with van der Waals surface area (Å²) in [5, 5.41) is 2.73. The molecule has 1 atom stereocenters. The third-order valence-electron chi connectivity index (χ3n) is 2.98. The standard InChI is InChI=1S/C13H18FN3O2/c14-10-1-3-11(4-2-10)16-13(18)9-17-5-6-19-12(7-15)8-17/h1-4,12H,5-9,15H2,(H,16,18). The van der Waals surface area contributed by atoms with Gasteiger partial charge in [0.1, 0.15) is 5.82 Å². The van der Waals surface area contributed by atoms with Gasteiger partial charge in [0.05, 0.1) is 19.3 Å². The van der Waals surface area contributed by atoms with Crippen molar-refractivity contribution in [2.45, 2.75) is 6.10 Å². The number of halogens is 1. The Bertz CT molecular complexity index is 424. The number of nitrogens with one attached hydrogen (secondary N) is 1. The van der Waals surface area contributed by atoms with Gasteiger partial charge in [0.25, 0.3) is 0 Å². The average Bonchev–Trinajstić information content (AvgIpc) is 2.41. The number of carbonyl (C=O) groups excluding carboxylic acids is 1. The Morgan fingerprint density at radius 3 is 2.89 bits per heavy atom. The molecule has 1 aromatic carbocycles. The minimum absolute atomic E-state index is 0.00706. The van der Waals surface area contributed by atoms with Gasteiger partial charge in [-0.3, -0.25) is 9.69 Å². The molecule has 1 amide bonds. The molecule has 1 heterocycles. The first kappa shape index (κ1) is 13.9. The second kappa shape index (κ2) is 6.60. The Hall–Kier alpha value is -1.50. The third kappa shape index (κ3) is 4.27. The van der Waals surface area contributed by atoms with E-state index in [4.69, 9.17) is 10.5 Å². The Balaban J connectivity index is 1.82. The number of nitrogens with two attached hydrogens (primary N) is 1. The van der Waals surface area contributed by atoms with Crippen LogP contribution < -0.4 is 11.1 Å². The summed E-state index contributed by atoms with van der Waals surface area (Å²) in [7, 11) is 0. The van der Waals surface area contributed by atoms with E-state index in [1.807, 2.05) is 4.90 Å². The number of anilines is 1. The minimum Gasteiger partial charge on any atom is -0.374 e. The van der Waals surface area contributed by atoms with Gasteiger partial charge in [0, 0.05) is 25.3 Å². The molecule has 1 unspecified atom stereocenters. The molecule has 0 spiro atoms. The number of hydrogen-bond donors (Lipinski definition) is 2. The number of benzene rings is 1. The summed E-state index contributed by atoms with van der Waals surface area (Å²) in [6.45, 7) is 2.71. The molecule has 3 N–H and O–H groups in total. The fourth-order valence-electron chi connectivity index (χ4n) is 2.00. The Morgan fingerprint density at radius 2 is 2.21 bits per heavy atom. The molecule has 6 heteroatoms. The van der Waals surface area contributed by atoms with E-state index in [1.165, 1.54) is 24.3 Å². The van der Waals surface area contributed by atoms with E-state index in [1.54, 1.807) is 0 Å². The molecule has 0 radical (unpaired) electrons. The maximum atomic E-state index is 12.7. The molecule has 1 saturated heterocycles. The number of carbonyl (C=O) groups is 1. The molecular formula is C13H18FN3O2. The zero-order valence-corrected chi connectivity index (χ0v) is 10.6. The molecule has 5 nitrogen and oxygen atoms in total. The van der Waals surface area contributed by atoms with Crippen LogP contribution in [-0.4, -0.2) is 49.7 Å². The monoisotopic (exact) mass is 267 g/mol. The normalized spacial score (nSPS) is 20.2. The van der Waals surface area contributed by atoms with Crippen molar-refractivity contribution < 1.29 is 13.9 Å². The largest absolute Gasteiger partial charge is 0.374 e. The number of ether oxygens (including phenoxy) is 1. The van der Waals surface area contributed by atoms with Gasteiger partial charge in [-0.2, -0.15) is 0 Å². The van der Waals surface area contributed by atoms with E-state index in [9.17, 15) is 9.18 Å². The smallest absolute Gasteiger partial charge is 0.238 e. The maximum Gasteiger partial charge on any atom is 0.238 e. The van der Waals surface area contributed by atoms with Gasteiger partial charge in [0.2, 0.25) is 5.91 Å². The molecule has 0 saturated carbocycles. The van der Waals surface area contributed by atoms with Crippen LogP contribution in [0.2, 0.25) is 0 Å². The highest BCUT2D eigenvalue weighted by Crippen LogP contribution is 2.09. The molecule has 0 aromatic heterocycles. The zero-order chi connectivity index (χ0) is 13.7. The van der Waals surface area contributed by atoms with Crippen LogP contribution in [0.5, 0.6) is 0 Å². The van der Waals surface area contributed by atoms with E-state index in [0.717, 1.165) is 0 Å². The van der Waals surface area contributed by atoms with Crippen molar-refractivity contribution in [1.82, 2.24) is 4.90 Å². The molecule has 1 aliphatic heterocycles. The van der Waals surface area contributed by atoms with Gasteiger partial charge >= 0.3 is 0 Å². The second-order valence-corrected chi connectivity index (χ2v) is 4.52. The van der Waals surface area contributed by atoms with Crippen molar-refractivity contribution in [1.29, 1.82) is 0 Å². The molecule has 1 fully saturated rings. The molecule has 1 aromatic rings. The molecular weight excluding hydrogens is 249 g/mol. The van der Waals surface area contributed by atoms with Crippen molar-refractivity contribution in [3.63, 3.8) is 0 Å². The fourth-order valence-corrected chi connectivity index (χ4v) is 2.00. The molecule has 0 bridgehead atoms. The van der Waals surface area contributed by atoms with Crippen molar-refractivity contribution in [2.24, 2.45) is 5.73 Å². The van der Waals surface area contributed by atoms with Crippen LogP contribution in [0.1, 0.15) is 0 Å². The van der Waals surface area contributed by atoms with E-state index in [-0.39, 0.29) is 24.4 Å². The van der Waals surface area contributed by atoms with Crippen LogP contribution in [0.15, 0.2) is 24.3 Å². The topological polar surface area (TPSA) is 67.6 Å². The summed E-state index contributed by atoms with van der Waals surface area (Å²) in [6, 6.07) is 5.70. The lowest BCUT2D eigenvalue weighted by molar-refractivity contribution is -0.119. The number of morpholine rings is 1. The lowest BCUT2D eigenvalue weighted by Crippen LogP contribution is -2.48. The van der Waals surface area contributed by atoms with E-state index < -0.39 is 0 Å². The summed E-state index contributed by atoms with van der Waals surface area (Å²) < 4.78 is 18.2. The number of amides is 1. The van der Waals surface area contributed by atoms with Crippen molar-refractivity contribution >= 4 is 11.6 Å². The summed E-state index contributed by atoms with van der Waals surface area (Å²) in [6.07, 6.45) is -0.00706. The van der Waals surface area contributed by atoms with Gasteiger partial charge < -0.3 is 15.8 Å². The van der Waals surface area contributed by atoms with Gasteiger partial charge in [-0.05, 0) is 24.3 Å². The fraction of sp³-hybridized carbons (Fsp3) is 0.462. The number of rotatable bonds is 4. The number of hydrogen-bond acceptors (Lipinski definition) is 4. The highest BCUT2D eigenvalue weighted by Gasteiger charge is 2.20. The van der Waals surface area contributed by atoms with Crippen LogP contribution in [0.3, 0.4) is 0 Å². The van der Waals surface area contributed by atoms with Crippen molar-refractivity contribution in [3.05, 3.63) is 30.1 Å². The lowest BCUT2D eigenvalue weighted by atomic mass is 10.2. The molecule has 2 rings (SSSR count). The van der Waals surface area contributed by atoms with Crippen molar-refractivity contribution in [3.8, 4) is 0 Å². The number of nitrogens with zero attached hydrogens (tertiary/aromatic N) is 1. The third-order valence-corrected chi connectivity index (χ3v) is 2.98. The lowest BCUT2D eigenvalue weighted by Gasteiger charge is -2.31. The van der Waals surface area contributed by atoms with Gasteiger partial charge in [-0.1, -0.05) is 0 Å². The van der Waals surface area contributed by atoms with Crippen molar-refractivity contribution in [2.75, 3.05) is 38.1 Å². The molecule has 0 aliphatic carbocycles. The maximum absolute atomic E-state index is 12.7. The van der Waals surface area contributed by atoms with E-state index >= 15 is 0 Å². The first-order valence-electron chi connectivity index (χ1n) is 6.27. The Morgan fingerprint density at radius 1 is 1.47 bits per heavy atom. The van der Waals surface area contributed by atoms with Crippen LogP contribution in [0.4, 0.5) is 10.1 Å².